The van der Waals surface area contributed by atoms with Gasteiger partial charge in [-0.3, -0.25) is 0 Å². The van der Waals surface area contributed by atoms with Crippen molar-refractivity contribution in [3.8, 4) is 0 Å². The summed E-state index contributed by atoms with van der Waals surface area (Å²) in [7, 11) is 0. The molecule has 2 heterocycles. The van der Waals surface area contributed by atoms with Crippen LogP contribution in [0.15, 0.2) is 11.6 Å². The van der Waals surface area contributed by atoms with Crippen LogP contribution in [0.4, 0.5) is 0 Å². The molecule has 7 N–H and O–H groups in total. The number of hydrogen-bond acceptors (Lipinski definition) is 11. The Bertz CT molecular complexity index is 1070. The number of esters is 1. The second-order valence-corrected chi connectivity index (χ2v) is 13.9. The quantitative estimate of drug-likeness (QED) is 0.172. The first kappa shape index (κ1) is 28.9. The van der Waals surface area contributed by atoms with Crippen LogP contribution in [0.3, 0.4) is 0 Å². The number of hydrogen-bond donors (Lipinski definition) is 7. The lowest BCUT2D eigenvalue weighted by Gasteiger charge is -2.68. The average molecular weight is 569 g/mol. The average Bonchev–Trinajstić information content (AvgIpc) is 3.42. The molecule has 40 heavy (non-hydrogen) atoms. The number of carbonyl (C=O) groups is 1. The van der Waals surface area contributed by atoms with Gasteiger partial charge in [0.15, 0.2) is 6.29 Å². The Morgan fingerprint density at radius 3 is 2.38 bits per heavy atom. The first-order valence-corrected chi connectivity index (χ1v) is 14.7. The summed E-state index contributed by atoms with van der Waals surface area (Å²) in [5.41, 5.74) is -3.58. The van der Waals surface area contributed by atoms with E-state index in [-0.39, 0.29) is 50.1 Å². The molecule has 0 spiro atoms. The van der Waals surface area contributed by atoms with Gasteiger partial charge in [0.25, 0.3) is 0 Å². The van der Waals surface area contributed by atoms with Crippen LogP contribution in [0.5, 0.6) is 0 Å². The van der Waals surface area contributed by atoms with Gasteiger partial charge in [0.1, 0.15) is 24.9 Å². The zero-order chi connectivity index (χ0) is 29.0. The monoisotopic (exact) mass is 568 g/mol. The molecular weight excluding hydrogens is 524 g/mol. The molecule has 2 aliphatic heterocycles. The number of aliphatic hydroxyl groups excluding tert-OH is 5. The number of carbonyl (C=O) groups excluding carboxylic acids is 1. The molecule has 0 aromatic heterocycles. The summed E-state index contributed by atoms with van der Waals surface area (Å²) in [4.78, 5) is 11.8. The van der Waals surface area contributed by atoms with Crippen molar-refractivity contribution in [2.45, 2.75) is 126 Å². The highest BCUT2D eigenvalue weighted by molar-refractivity contribution is 5.85. The molecule has 15 atom stereocenters. The van der Waals surface area contributed by atoms with Crippen molar-refractivity contribution in [2.75, 3.05) is 6.61 Å². The lowest BCUT2D eigenvalue weighted by atomic mass is 9.40. The highest BCUT2D eigenvalue weighted by Gasteiger charge is 2.74. The minimum atomic E-state index is -1.50. The van der Waals surface area contributed by atoms with Gasteiger partial charge in [-0.2, -0.15) is 0 Å². The second kappa shape index (κ2) is 9.42. The molecule has 0 amide bonds. The fraction of sp³-hybridized carbons (Fsp3) is 0.897. The summed E-state index contributed by atoms with van der Waals surface area (Å²) in [6, 6.07) is 0. The first-order chi connectivity index (χ1) is 18.7. The predicted molar refractivity (Wildman–Crippen MR) is 137 cm³/mol. The molecule has 0 radical (unpaired) electrons. The lowest BCUT2D eigenvalue weighted by molar-refractivity contribution is -0.335. The molecule has 0 aromatic rings. The van der Waals surface area contributed by atoms with Gasteiger partial charge >= 0.3 is 5.97 Å². The molecule has 6 rings (SSSR count). The van der Waals surface area contributed by atoms with Crippen molar-refractivity contribution >= 4 is 5.97 Å². The molecule has 6 aliphatic rings. The van der Waals surface area contributed by atoms with E-state index in [9.17, 15) is 40.5 Å². The van der Waals surface area contributed by atoms with Gasteiger partial charge < -0.3 is 50.0 Å². The maximum Gasteiger partial charge on any atom is 0.331 e. The Morgan fingerprint density at radius 2 is 1.70 bits per heavy atom. The van der Waals surface area contributed by atoms with Gasteiger partial charge in [-0.15, -0.1) is 0 Å². The van der Waals surface area contributed by atoms with E-state index in [2.05, 4.69) is 0 Å². The van der Waals surface area contributed by atoms with E-state index in [1.165, 1.54) is 6.08 Å². The predicted octanol–water partition coefficient (Wildman–Crippen LogP) is -0.487. The zero-order valence-electron chi connectivity index (χ0n) is 23.3. The van der Waals surface area contributed by atoms with Crippen LogP contribution in [-0.4, -0.2) is 109 Å². The van der Waals surface area contributed by atoms with Crippen LogP contribution >= 0.6 is 0 Å². The third-order valence-electron chi connectivity index (χ3n) is 12.2. The van der Waals surface area contributed by atoms with E-state index < -0.39 is 77.0 Å². The summed E-state index contributed by atoms with van der Waals surface area (Å²) in [5.74, 6) is -1.45. The smallest absolute Gasteiger partial charge is 0.331 e. The van der Waals surface area contributed by atoms with E-state index in [0.717, 1.165) is 5.57 Å². The zero-order valence-corrected chi connectivity index (χ0v) is 23.3. The van der Waals surface area contributed by atoms with E-state index in [1.54, 1.807) is 13.8 Å². The van der Waals surface area contributed by atoms with Crippen molar-refractivity contribution in [3.05, 3.63) is 11.6 Å². The minimum absolute atomic E-state index is 0.0962. The molecule has 1 unspecified atom stereocenters. The van der Waals surface area contributed by atoms with E-state index in [4.69, 9.17) is 14.2 Å². The van der Waals surface area contributed by atoms with Crippen LogP contribution in [0.25, 0.3) is 0 Å². The third-order valence-corrected chi connectivity index (χ3v) is 12.2. The highest BCUT2D eigenvalue weighted by atomic mass is 16.7. The van der Waals surface area contributed by atoms with Gasteiger partial charge in [-0.1, -0.05) is 13.8 Å². The van der Waals surface area contributed by atoms with Crippen molar-refractivity contribution in [1.82, 2.24) is 0 Å². The van der Waals surface area contributed by atoms with Crippen LogP contribution < -0.4 is 0 Å². The van der Waals surface area contributed by atoms with Crippen LogP contribution in [0, 0.1) is 28.6 Å². The van der Waals surface area contributed by atoms with Crippen LogP contribution in [0.2, 0.25) is 0 Å². The van der Waals surface area contributed by atoms with Crippen LogP contribution in [-0.2, 0) is 19.0 Å². The number of aliphatic hydroxyl groups is 7. The molecule has 11 nitrogen and oxygen atoms in total. The Balaban J connectivity index is 1.26. The van der Waals surface area contributed by atoms with Crippen molar-refractivity contribution in [2.24, 2.45) is 28.6 Å². The van der Waals surface area contributed by atoms with Gasteiger partial charge in [-0.25, -0.2) is 4.79 Å². The Kier molecular flexibility index (Phi) is 6.82. The molecule has 226 valence electrons. The summed E-state index contributed by atoms with van der Waals surface area (Å²) in [5, 5.41) is 78.5. The molecule has 0 bridgehead atoms. The van der Waals surface area contributed by atoms with Gasteiger partial charge in [-0.05, 0) is 56.4 Å². The molecule has 5 fully saturated rings. The van der Waals surface area contributed by atoms with Gasteiger partial charge in [0.05, 0.1) is 35.6 Å². The SMILES string of the molecule is C[C@@H]1O[C@@H](O[C@H]2C[C@@H](O)[C@]3(C)[C@H]4[C@H](O)C[C@]5(C)[C@@H](C6=CC(=O)OC6)CCC5(O)[C@@H]4CC[C@]3(O)C2)[C@H](O)[C@H](O)[C@@H]1O. The lowest BCUT2D eigenvalue weighted by Crippen LogP contribution is -2.74. The third kappa shape index (κ3) is 3.79. The van der Waals surface area contributed by atoms with Crippen molar-refractivity contribution < 1.29 is 54.8 Å². The van der Waals surface area contributed by atoms with Crippen molar-refractivity contribution in [1.29, 1.82) is 0 Å². The molecule has 11 heteroatoms. The maximum atomic E-state index is 12.4. The molecule has 4 saturated carbocycles. The first-order valence-electron chi connectivity index (χ1n) is 14.7. The fourth-order valence-corrected chi connectivity index (χ4v) is 9.95. The highest BCUT2D eigenvalue weighted by Crippen LogP contribution is 2.70. The summed E-state index contributed by atoms with van der Waals surface area (Å²) in [6.45, 7) is 5.54. The van der Waals surface area contributed by atoms with Gasteiger partial charge in [0, 0.05) is 35.7 Å². The van der Waals surface area contributed by atoms with E-state index in [1.807, 2.05) is 6.92 Å². The van der Waals surface area contributed by atoms with E-state index in [0.29, 0.717) is 19.3 Å². The molecule has 4 aliphatic carbocycles. The van der Waals surface area contributed by atoms with E-state index >= 15 is 0 Å². The number of rotatable bonds is 3. The standard InChI is InChI=1S/C29H44O11/c1-13-22(33)23(34)24(35)25(39-13)40-15-9-19(31)27(3)21-17(4-6-28(27,36)10-15)29(37)7-5-16(14-8-20(32)38-12-14)26(29,2)11-18(21)30/h8,13,15-19,21-25,30-31,33-37H,4-7,9-12H2,1-3H3/t13-,15-,16+,17+,18+,19+,21+,22+,23+,24+,25-,26+,27+,28-,29?/m0/s1. The second-order valence-electron chi connectivity index (χ2n) is 13.9. The normalized spacial score (nSPS) is 58.0. The molecule has 1 saturated heterocycles. The Labute approximate surface area is 233 Å². The van der Waals surface area contributed by atoms with Crippen LogP contribution in [0.1, 0.15) is 65.7 Å². The largest absolute Gasteiger partial charge is 0.458 e. The molecular formula is C29H44O11. The minimum Gasteiger partial charge on any atom is -0.458 e. The summed E-state index contributed by atoms with van der Waals surface area (Å²) >= 11 is 0. The Hall–Kier alpha value is -1.15. The summed E-state index contributed by atoms with van der Waals surface area (Å²) < 4.78 is 16.8. The Morgan fingerprint density at radius 1 is 0.975 bits per heavy atom. The maximum absolute atomic E-state index is 12.4. The number of ether oxygens (including phenoxy) is 3. The topological polar surface area (TPSA) is 186 Å². The van der Waals surface area contributed by atoms with Gasteiger partial charge in [0.2, 0.25) is 0 Å². The summed E-state index contributed by atoms with van der Waals surface area (Å²) in [6.07, 6.45) is -5.12. The molecule has 0 aromatic carbocycles. The fourth-order valence-electron chi connectivity index (χ4n) is 9.95. The number of cyclic esters (lactones) is 1. The van der Waals surface area contributed by atoms with Crippen molar-refractivity contribution in [3.63, 3.8) is 0 Å². The number of fused-ring (bicyclic) bond motifs is 5.